The van der Waals surface area contributed by atoms with Gasteiger partial charge in [-0.15, -0.1) is 0 Å². The molecule has 0 heterocycles. The first-order chi connectivity index (χ1) is 8.67. The first kappa shape index (κ1) is 14.3. The molecule has 5 nitrogen and oxygen atoms in total. The van der Waals surface area contributed by atoms with Crippen LogP contribution in [0.25, 0.3) is 0 Å². The van der Waals surface area contributed by atoms with Gasteiger partial charge in [0.25, 0.3) is 0 Å². The number of anilines is 2. The van der Waals surface area contributed by atoms with E-state index < -0.39 is 0 Å². The van der Waals surface area contributed by atoms with Crippen LogP contribution in [0.15, 0.2) is 18.2 Å². The third kappa shape index (κ3) is 4.63. The molecule has 0 aliphatic rings. The monoisotopic (exact) mass is 252 g/mol. The van der Waals surface area contributed by atoms with Crippen molar-refractivity contribution in [3.05, 3.63) is 18.2 Å². The van der Waals surface area contributed by atoms with Gasteiger partial charge in [-0.1, -0.05) is 0 Å². The minimum atomic E-state index is -0.0499. The van der Waals surface area contributed by atoms with Gasteiger partial charge in [-0.2, -0.15) is 0 Å². The molecule has 0 radical (unpaired) electrons. The van der Waals surface area contributed by atoms with Crippen molar-refractivity contribution in [3.8, 4) is 5.75 Å². The summed E-state index contributed by atoms with van der Waals surface area (Å²) >= 11 is 0. The molecule has 5 heteroatoms. The molecular formula is C13H20N2O3. The number of ether oxygens (including phenoxy) is 2. The molecule has 0 unspecified atom stereocenters. The van der Waals surface area contributed by atoms with Gasteiger partial charge in [0.05, 0.1) is 18.5 Å². The van der Waals surface area contributed by atoms with Gasteiger partial charge in [0.2, 0.25) is 5.91 Å². The second kappa shape index (κ2) is 7.55. The van der Waals surface area contributed by atoms with Crippen LogP contribution in [0, 0.1) is 0 Å². The van der Waals surface area contributed by atoms with Crippen LogP contribution in [0.5, 0.6) is 5.75 Å². The molecule has 0 saturated heterocycles. The maximum Gasteiger partial charge on any atom is 0.224 e. The number of amides is 1. The van der Waals surface area contributed by atoms with Gasteiger partial charge in [-0.25, -0.2) is 0 Å². The van der Waals surface area contributed by atoms with E-state index in [4.69, 9.17) is 15.2 Å². The van der Waals surface area contributed by atoms with Crippen LogP contribution in [0.1, 0.15) is 19.3 Å². The van der Waals surface area contributed by atoms with Gasteiger partial charge in [-0.05, 0) is 25.0 Å². The highest BCUT2D eigenvalue weighted by Crippen LogP contribution is 2.24. The molecule has 100 valence electrons. The summed E-state index contributed by atoms with van der Waals surface area (Å²) in [7, 11) is 3.22. The van der Waals surface area contributed by atoms with Crippen molar-refractivity contribution in [1.29, 1.82) is 0 Å². The predicted molar refractivity (Wildman–Crippen MR) is 71.8 cm³/mol. The number of rotatable bonds is 7. The average Bonchev–Trinajstić information content (AvgIpc) is 2.37. The zero-order valence-electron chi connectivity index (χ0n) is 10.9. The molecule has 0 aliphatic carbocycles. The van der Waals surface area contributed by atoms with E-state index in [9.17, 15) is 4.79 Å². The molecule has 0 spiro atoms. The summed E-state index contributed by atoms with van der Waals surface area (Å²) in [6, 6.07) is 5.17. The summed E-state index contributed by atoms with van der Waals surface area (Å²) in [5.41, 5.74) is 6.90. The maximum atomic E-state index is 11.7. The van der Waals surface area contributed by atoms with Crippen molar-refractivity contribution < 1.29 is 14.3 Å². The number of nitrogens with two attached hydrogens (primary N) is 1. The Morgan fingerprint density at radius 1 is 1.33 bits per heavy atom. The van der Waals surface area contributed by atoms with E-state index in [-0.39, 0.29) is 5.91 Å². The van der Waals surface area contributed by atoms with Crippen LogP contribution in [-0.4, -0.2) is 26.7 Å². The van der Waals surface area contributed by atoms with E-state index in [0.717, 1.165) is 12.8 Å². The smallest absolute Gasteiger partial charge is 0.224 e. The quantitative estimate of drug-likeness (QED) is 0.575. The van der Waals surface area contributed by atoms with E-state index in [1.54, 1.807) is 32.4 Å². The lowest BCUT2D eigenvalue weighted by Crippen LogP contribution is -2.12. The van der Waals surface area contributed by atoms with Crippen molar-refractivity contribution in [2.75, 3.05) is 31.9 Å². The fourth-order valence-corrected chi connectivity index (χ4v) is 1.52. The van der Waals surface area contributed by atoms with Crippen molar-refractivity contribution >= 4 is 17.3 Å². The molecule has 0 aromatic heterocycles. The van der Waals surface area contributed by atoms with Crippen LogP contribution in [0.4, 0.5) is 11.4 Å². The summed E-state index contributed by atoms with van der Waals surface area (Å²) in [4.78, 5) is 11.7. The Balaban J connectivity index is 2.48. The number of hydrogen-bond acceptors (Lipinski definition) is 4. The van der Waals surface area contributed by atoms with Gasteiger partial charge < -0.3 is 20.5 Å². The van der Waals surface area contributed by atoms with Gasteiger partial charge in [0, 0.05) is 26.2 Å². The van der Waals surface area contributed by atoms with Crippen LogP contribution in [-0.2, 0) is 9.53 Å². The molecule has 1 aromatic carbocycles. The Labute approximate surface area is 107 Å². The summed E-state index contributed by atoms with van der Waals surface area (Å²) in [5, 5.41) is 2.78. The zero-order valence-corrected chi connectivity index (χ0v) is 10.9. The minimum absolute atomic E-state index is 0.0499. The molecule has 1 aromatic rings. The highest BCUT2D eigenvalue weighted by atomic mass is 16.5. The van der Waals surface area contributed by atoms with Crippen LogP contribution < -0.4 is 15.8 Å². The van der Waals surface area contributed by atoms with E-state index in [1.165, 1.54) is 0 Å². The Hall–Kier alpha value is -1.75. The lowest BCUT2D eigenvalue weighted by atomic mass is 10.2. The maximum absolute atomic E-state index is 11.7. The lowest BCUT2D eigenvalue weighted by molar-refractivity contribution is -0.116. The fourth-order valence-electron chi connectivity index (χ4n) is 1.52. The molecule has 1 amide bonds. The fraction of sp³-hybridized carbons (Fsp3) is 0.462. The third-order valence-corrected chi connectivity index (χ3v) is 2.54. The molecule has 0 fully saturated rings. The van der Waals surface area contributed by atoms with Crippen molar-refractivity contribution in [2.24, 2.45) is 0 Å². The summed E-state index contributed by atoms with van der Waals surface area (Å²) in [6.45, 7) is 0.675. The van der Waals surface area contributed by atoms with Crippen molar-refractivity contribution in [1.82, 2.24) is 0 Å². The van der Waals surface area contributed by atoms with E-state index in [2.05, 4.69) is 5.32 Å². The van der Waals surface area contributed by atoms with Crippen LogP contribution >= 0.6 is 0 Å². The highest BCUT2D eigenvalue weighted by molar-refractivity contribution is 5.94. The Morgan fingerprint density at radius 2 is 2.11 bits per heavy atom. The summed E-state index contributed by atoms with van der Waals surface area (Å²) in [5.74, 6) is 0.616. The number of methoxy groups -OCH3 is 2. The molecule has 0 saturated carbocycles. The van der Waals surface area contributed by atoms with E-state index >= 15 is 0 Å². The van der Waals surface area contributed by atoms with Gasteiger partial charge in [-0.3, -0.25) is 4.79 Å². The van der Waals surface area contributed by atoms with Crippen molar-refractivity contribution in [3.63, 3.8) is 0 Å². The first-order valence-electron chi connectivity index (χ1n) is 5.89. The Bertz CT molecular complexity index is 394. The average molecular weight is 252 g/mol. The number of carbonyl (C=O) groups is 1. The number of nitrogen functional groups attached to an aromatic ring is 1. The van der Waals surface area contributed by atoms with E-state index in [0.29, 0.717) is 30.2 Å². The van der Waals surface area contributed by atoms with Gasteiger partial charge >= 0.3 is 0 Å². The highest BCUT2D eigenvalue weighted by Gasteiger charge is 2.06. The molecule has 1 rings (SSSR count). The molecule has 18 heavy (non-hydrogen) atoms. The summed E-state index contributed by atoms with van der Waals surface area (Å²) < 4.78 is 10.0. The number of carbonyl (C=O) groups excluding carboxylic acids is 1. The molecule has 0 atom stereocenters. The molecule has 0 bridgehead atoms. The van der Waals surface area contributed by atoms with Crippen LogP contribution in [0.3, 0.4) is 0 Å². The zero-order chi connectivity index (χ0) is 13.4. The van der Waals surface area contributed by atoms with Crippen molar-refractivity contribution in [2.45, 2.75) is 19.3 Å². The van der Waals surface area contributed by atoms with Gasteiger partial charge in [0.1, 0.15) is 5.75 Å². The molecular weight excluding hydrogens is 232 g/mol. The summed E-state index contributed by atoms with van der Waals surface area (Å²) in [6.07, 6.45) is 2.13. The topological polar surface area (TPSA) is 73.6 Å². The SMILES string of the molecule is COCCCCC(=O)Nc1cc(OC)ccc1N. The largest absolute Gasteiger partial charge is 0.497 e. The third-order valence-electron chi connectivity index (χ3n) is 2.54. The number of benzene rings is 1. The molecule has 0 aliphatic heterocycles. The van der Waals surface area contributed by atoms with E-state index in [1.807, 2.05) is 0 Å². The predicted octanol–water partition coefficient (Wildman–Crippen LogP) is 2.03. The number of hydrogen-bond donors (Lipinski definition) is 2. The van der Waals surface area contributed by atoms with Crippen LogP contribution in [0.2, 0.25) is 0 Å². The lowest BCUT2D eigenvalue weighted by Gasteiger charge is -2.09. The second-order valence-electron chi connectivity index (χ2n) is 3.95. The second-order valence-corrected chi connectivity index (χ2v) is 3.95. The molecule has 3 N–H and O–H groups in total. The Morgan fingerprint density at radius 3 is 2.78 bits per heavy atom. The minimum Gasteiger partial charge on any atom is -0.497 e. The first-order valence-corrected chi connectivity index (χ1v) is 5.89. The number of unbranched alkanes of at least 4 members (excludes halogenated alkanes) is 1. The van der Waals surface area contributed by atoms with Gasteiger partial charge in [0.15, 0.2) is 0 Å². The standard InChI is InChI=1S/C13H20N2O3/c1-17-8-4-3-5-13(16)15-12-9-10(18-2)6-7-11(12)14/h6-7,9H,3-5,8,14H2,1-2H3,(H,15,16). The normalized spacial score (nSPS) is 10.1. The Kier molecular flexibility index (Phi) is 6.00. The number of nitrogens with one attached hydrogen (secondary N) is 1.